The quantitative estimate of drug-likeness (QED) is 0.733. The van der Waals surface area contributed by atoms with Crippen molar-refractivity contribution in [3.63, 3.8) is 0 Å². The highest BCUT2D eigenvalue weighted by Crippen LogP contribution is 2.27. The molecule has 1 heterocycles. The summed E-state index contributed by atoms with van der Waals surface area (Å²) >= 11 is 0. The van der Waals surface area contributed by atoms with Gasteiger partial charge in [-0.2, -0.15) is 0 Å². The fourth-order valence-electron chi connectivity index (χ4n) is 3.34. The Morgan fingerprint density at radius 3 is 2.56 bits per heavy atom. The Morgan fingerprint density at radius 1 is 1.44 bits per heavy atom. The molecule has 0 aromatic carbocycles. The Morgan fingerprint density at radius 2 is 2.11 bits per heavy atom. The average molecular weight is 256 g/mol. The summed E-state index contributed by atoms with van der Waals surface area (Å²) in [5.74, 6) is 0.812. The molecule has 0 amide bonds. The zero-order chi connectivity index (χ0) is 13.8. The maximum atomic E-state index is 9.64. The lowest BCUT2D eigenvalue weighted by Crippen LogP contribution is -2.51. The van der Waals surface area contributed by atoms with Crippen LogP contribution in [0.4, 0.5) is 0 Å². The minimum absolute atomic E-state index is 0.138. The Labute approximate surface area is 113 Å². The summed E-state index contributed by atoms with van der Waals surface area (Å²) in [5.41, 5.74) is -0.138. The van der Waals surface area contributed by atoms with E-state index in [1.807, 2.05) is 0 Å². The molecule has 108 valence electrons. The van der Waals surface area contributed by atoms with Gasteiger partial charge in [-0.1, -0.05) is 13.8 Å². The van der Waals surface area contributed by atoms with E-state index in [0.717, 1.165) is 25.3 Å². The van der Waals surface area contributed by atoms with Crippen LogP contribution in [0.25, 0.3) is 0 Å². The van der Waals surface area contributed by atoms with Gasteiger partial charge in [0.25, 0.3) is 0 Å². The second kappa shape index (κ2) is 6.88. The van der Waals surface area contributed by atoms with E-state index >= 15 is 0 Å². The lowest BCUT2D eigenvalue weighted by Gasteiger charge is -2.37. The number of rotatable bonds is 7. The number of nitrogens with zero attached hydrogens (tertiary/aromatic N) is 1. The zero-order valence-corrected chi connectivity index (χ0v) is 12.9. The molecule has 0 bridgehead atoms. The second-order valence-electron chi connectivity index (χ2n) is 6.59. The van der Waals surface area contributed by atoms with E-state index in [-0.39, 0.29) is 12.1 Å². The Hall–Kier alpha value is -0.120. The molecule has 1 fully saturated rings. The molecule has 1 rings (SSSR count). The fraction of sp³-hybridized carbons (Fsp3) is 1.00. The van der Waals surface area contributed by atoms with Gasteiger partial charge in [0.1, 0.15) is 0 Å². The molecular formula is C15H32N2O. The molecule has 1 aliphatic heterocycles. The van der Waals surface area contributed by atoms with Crippen molar-refractivity contribution in [2.75, 3.05) is 19.7 Å². The van der Waals surface area contributed by atoms with E-state index in [2.05, 4.69) is 44.8 Å². The SMILES string of the molecule is CCCNC(C)(CO)CC(C)N1CC(C)CC1C. The summed E-state index contributed by atoms with van der Waals surface area (Å²) < 4.78 is 0. The van der Waals surface area contributed by atoms with Crippen molar-refractivity contribution in [2.45, 2.75) is 71.5 Å². The molecule has 2 N–H and O–H groups in total. The number of hydrogen-bond acceptors (Lipinski definition) is 3. The lowest BCUT2D eigenvalue weighted by molar-refractivity contribution is 0.110. The van der Waals surface area contributed by atoms with Gasteiger partial charge in [0.05, 0.1) is 6.61 Å². The monoisotopic (exact) mass is 256 g/mol. The van der Waals surface area contributed by atoms with Crippen LogP contribution in [0.1, 0.15) is 53.9 Å². The van der Waals surface area contributed by atoms with Crippen molar-refractivity contribution in [3.8, 4) is 0 Å². The first-order valence-electron chi connectivity index (χ1n) is 7.53. The first kappa shape index (κ1) is 15.9. The van der Waals surface area contributed by atoms with Crippen molar-refractivity contribution in [3.05, 3.63) is 0 Å². The summed E-state index contributed by atoms with van der Waals surface area (Å²) in [6.45, 7) is 13.7. The predicted molar refractivity (Wildman–Crippen MR) is 77.8 cm³/mol. The van der Waals surface area contributed by atoms with Crippen LogP contribution in [0.2, 0.25) is 0 Å². The van der Waals surface area contributed by atoms with Gasteiger partial charge in [0, 0.05) is 24.2 Å². The maximum absolute atomic E-state index is 9.64. The third-order valence-corrected chi connectivity index (χ3v) is 4.29. The third kappa shape index (κ3) is 4.22. The topological polar surface area (TPSA) is 35.5 Å². The molecular weight excluding hydrogens is 224 g/mol. The highest BCUT2D eigenvalue weighted by molar-refractivity contribution is 4.91. The standard InChI is InChI=1S/C15H32N2O/c1-6-7-16-15(5,11-18)9-14(4)17-10-12(2)8-13(17)3/h12-14,16,18H,6-11H2,1-5H3. The summed E-state index contributed by atoms with van der Waals surface area (Å²) in [4.78, 5) is 2.60. The van der Waals surface area contributed by atoms with Crippen molar-refractivity contribution in [2.24, 2.45) is 5.92 Å². The van der Waals surface area contributed by atoms with Crippen molar-refractivity contribution >= 4 is 0 Å². The van der Waals surface area contributed by atoms with E-state index < -0.39 is 0 Å². The highest BCUT2D eigenvalue weighted by atomic mass is 16.3. The molecule has 0 saturated carbocycles. The molecule has 3 heteroatoms. The number of aliphatic hydroxyl groups excluding tert-OH is 1. The number of nitrogens with one attached hydrogen (secondary N) is 1. The van der Waals surface area contributed by atoms with Gasteiger partial charge in [-0.05, 0) is 52.5 Å². The largest absolute Gasteiger partial charge is 0.394 e. The summed E-state index contributed by atoms with van der Waals surface area (Å²) in [6.07, 6.45) is 3.43. The van der Waals surface area contributed by atoms with Crippen LogP contribution in [-0.2, 0) is 0 Å². The summed E-state index contributed by atoms with van der Waals surface area (Å²) in [7, 11) is 0. The first-order valence-corrected chi connectivity index (χ1v) is 7.53. The molecule has 4 unspecified atom stereocenters. The minimum Gasteiger partial charge on any atom is -0.394 e. The van der Waals surface area contributed by atoms with E-state index in [4.69, 9.17) is 0 Å². The summed E-state index contributed by atoms with van der Waals surface area (Å²) in [5, 5.41) is 13.1. The minimum atomic E-state index is -0.138. The normalized spacial score (nSPS) is 30.3. The van der Waals surface area contributed by atoms with Crippen LogP contribution in [0.3, 0.4) is 0 Å². The Bertz CT molecular complexity index is 247. The molecule has 0 aromatic rings. The van der Waals surface area contributed by atoms with Gasteiger partial charge in [0.2, 0.25) is 0 Å². The molecule has 3 nitrogen and oxygen atoms in total. The summed E-state index contributed by atoms with van der Waals surface area (Å²) in [6, 6.07) is 1.22. The zero-order valence-electron chi connectivity index (χ0n) is 12.9. The highest BCUT2D eigenvalue weighted by Gasteiger charge is 2.33. The molecule has 18 heavy (non-hydrogen) atoms. The van der Waals surface area contributed by atoms with Gasteiger partial charge in [-0.15, -0.1) is 0 Å². The molecule has 1 aliphatic rings. The average Bonchev–Trinajstić information content (AvgIpc) is 2.66. The van der Waals surface area contributed by atoms with Gasteiger partial charge >= 0.3 is 0 Å². The number of aliphatic hydroxyl groups is 1. The number of hydrogen-bond donors (Lipinski definition) is 2. The maximum Gasteiger partial charge on any atom is 0.0611 e. The smallest absolute Gasteiger partial charge is 0.0611 e. The van der Waals surface area contributed by atoms with E-state index in [9.17, 15) is 5.11 Å². The van der Waals surface area contributed by atoms with Gasteiger partial charge in [-0.3, -0.25) is 4.90 Å². The van der Waals surface area contributed by atoms with Crippen LogP contribution in [-0.4, -0.2) is 47.3 Å². The van der Waals surface area contributed by atoms with Crippen molar-refractivity contribution in [1.29, 1.82) is 0 Å². The third-order valence-electron chi connectivity index (χ3n) is 4.29. The van der Waals surface area contributed by atoms with Gasteiger partial charge in [0.15, 0.2) is 0 Å². The van der Waals surface area contributed by atoms with E-state index in [1.54, 1.807) is 0 Å². The van der Waals surface area contributed by atoms with Crippen LogP contribution >= 0.6 is 0 Å². The molecule has 0 aromatic heterocycles. The van der Waals surface area contributed by atoms with Crippen LogP contribution in [0.5, 0.6) is 0 Å². The van der Waals surface area contributed by atoms with Crippen LogP contribution < -0.4 is 5.32 Å². The van der Waals surface area contributed by atoms with E-state index in [1.165, 1.54) is 13.0 Å². The number of likely N-dealkylation sites (tertiary alicyclic amines) is 1. The second-order valence-corrected chi connectivity index (χ2v) is 6.59. The van der Waals surface area contributed by atoms with Crippen molar-refractivity contribution in [1.82, 2.24) is 10.2 Å². The Balaban J connectivity index is 2.53. The van der Waals surface area contributed by atoms with Crippen LogP contribution in [0.15, 0.2) is 0 Å². The Kier molecular flexibility index (Phi) is 6.09. The van der Waals surface area contributed by atoms with Gasteiger partial charge in [-0.25, -0.2) is 0 Å². The van der Waals surface area contributed by atoms with E-state index in [0.29, 0.717) is 12.1 Å². The first-order chi connectivity index (χ1) is 8.41. The molecule has 0 aliphatic carbocycles. The predicted octanol–water partition coefficient (Wildman–Crippen LogP) is 2.25. The van der Waals surface area contributed by atoms with Crippen LogP contribution in [0, 0.1) is 5.92 Å². The van der Waals surface area contributed by atoms with Gasteiger partial charge < -0.3 is 10.4 Å². The molecule has 0 spiro atoms. The van der Waals surface area contributed by atoms with Crippen molar-refractivity contribution < 1.29 is 5.11 Å². The lowest BCUT2D eigenvalue weighted by atomic mass is 9.93. The molecule has 4 atom stereocenters. The molecule has 0 radical (unpaired) electrons. The fourth-order valence-corrected chi connectivity index (χ4v) is 3.34. The molecule has 1 saturated heterocycles.